The van der Waals surface area contributed by atoms with Gasteiger partial charge in [0.05, 0.1) is 11.7 Å². The number of nitrogens with zero attached hydrogens (tertiary/aromatic N) is 2. The minimum absolute atomic E-state index is 0.190. The lowest BCUT2D eigenvalue weighted by molar-refractivity contribution is 0.0696. The van der Waals surface area contributed by atoms with Crippen LogP contribution in [0, 0.1) is 12.3 Å². The Bertz CT molecular complexity index is 521. The van der Waals surface area contributed by atoms with Crippen LogP contribution < -0.4 is 5.32 Å². The summed E-state index contributed by atoms with van der Waals surface area (Å²) in [7, 11) is 0. The van der Waals surface area contributed by atoms with Crippen LogP contribution in [0.15, 0.2) is 0 Å². The van der Waals surface area contributed by atoms with Crippen molar-refractivity contribution in [1.82, 2.24) is 10.2 Å². The van der Waals surface area contributed by atoms with Gasteiger partial charge in [-0.3, -0.25) is 0 Å². The van der Waals surface area contributed by atoms with Crippen LogP contribution in [0.3, 0.4) is 0 Å². The second-order valence-electron chi connectivity index (χ2n) is 4.51. The van der Waals surface area contributed by atoms with E-state index in [9.17, 15) is 9.90 Å². The first kappa shape index (κ1) is 16.0. The molecule has 108 valence electrons. The summed E-state index contributed by atoms with van der Waals surface area (Å²) in [5.41, 5.74) is 1.64. The fourth-order valence-electron chi connectivity index (χ4n) is 2.16. The van der Waals surface area contributed by atoms with E-state index in [1.165, 1.54) is 0 Å². The number of aromatic carboxylic acids is 1. The van der Waals surface area contributed by atoms with E-state index in [1.54, 1.807) is 0 Å². The van der Waals surface area contributed by atoms with Gasteiger partial charge in [-0.1, -0.05) is 33.1 Å². The first-order valence-corrected chi connectivity index (χ1v) is 6.93. The van der Waals surface area contributed by atoms with Crippen molar-refractivity contribution < 1.29 is 9.90 Å². The zero-order valence-corrected chi connectivity index (χ0v) is 12.2. The largest absolute Gasteiger partial charge is 0.478 e. The molecular weight excluding hydrogens is 254 g/mol. The third-order valence-electron chi connectivity index (χ3n) is 3.15. The molecule has 0 spiro atoms. The van der Waals surface area contributed by atoms with E-state index in [1.807, 2.05) is 20.8 Å². The average Bonchev–Trinajstić information content (AvgIpc) is 2.45. The topological polar surface area (TPSA) is 75.1 Å². The van der Waals surface area contributed by atoms with Gasteiger partial charge in [-0.2, -0.15) is 5.10 Å². The Labute approximate surface area is 119 Å². The molecular formula is C15H21N3O2. The van der Waals surface area contributed by atoms with E-state index < -0.39 is 5.97 Å². The van der Waals surface area contributed by atoms with Gasteiger partial charge in [-0.15, -0.1) is 11.5 Å². The first-order chi connectivity index (χ1) is 9.58. The summed E-state index contributed by atoms with van der Waals surface area (Å²) >= 11 is 0. The summed E-state index contributed by atoms with van der Waals surface area (Å²) in [5.74, 6) is 1.88. The molecule has 1 unspecified atom stereocenters. The summed E-state index contributed by atoms with van der Waals surface area (Å²) in [6.07, 6.45) is 8.38. The van der Waals surface area contributed by atoms with Gasteiger partial charge < -0.3 is 10.4 Å². The van der Waals surface area contributed by atoms with E-state index in [0.29, 0.717) is 12.8 Å². The lowest BCUT2D eigenvalue weighted by Crippen LogP contribution is -2.22. The van der Waals surface area contributed by atoms with Crippen LogP contribution >= 0.6 is 0 Å². The number of rotatable bonds is 7. The second kappa shape index (κ2) is 7.49. The monoisotopic (exact) mass is 275 g/mol. The number of aryl methyl sites for hydroxylation is 1. The van der Waals surface area contributed by atoms with Gasteiger partial charge >= 0.3 is 5.97 Å². The molecule has 1 aromatic rings. The Morgan fingerprint density at radius 2 is 2.05 bits per heavy atom. The predicted molar refractivity (Wildman–Crippen MR) is 78.9 cm³/mol. The molecule has 0 radical (unpaired) electrons. The smallest absolute Gasteiger partial charge is 0.339 e. The number of nitrogens with one attached hydrogen (secondary N) is 1. The fraction of sp³-hybridized carbons (Fsp3) is 0.533. The highest BCUT2D eigenvalue weighted by molar-refractivity contribution is 5.95. The molecule has 0 aliphatic heterocycles. The Hall–Kier alpha value is -2.09. The number of carboxylic acids is 1. The predicted octanol–water partition coefficient (Wildman–Crippen LogP) is 2.51. The van der Waals surface area contributed by atoms with Crippen LogP contribution in [0.5, 0.6) is 0 Å². The fourth-order valence-corrected chi connectivity index (χ4v) is 2.16. The molecule has 0 amide bonds. The molecule has 0 saturated heterocycles. The highest BCUT2D eigenvalue weighted by atomic mass is 16.4. The van der Waals surface area contributed by atoms with Gasteiger partial charge in [0.25, 0.3) is 0 Å². The minimum atomic E-state index is -0.999. The summed E-state index contributed by atoms with van der Waals surface area (Å²) in [5, 5.41) is 20.6. The lowest BCUT2D eigenvalue weighted by Gasteiger charge is -2.17. The third-order valence-corrected chi connectivity index (χ3v) is 3.15. The summed E-state index contributed by atoms with van der Waals surface area (Å²) in [6.45, 7) is 5.87. The molecule has 5 nitrogen and oxygen atoms in total. The van der Waals surface area contributed by atoms with E-state index in [0.717, 1.165) is 24.1 Å². The number of terminal acetylenes is 1. The summed E-state index contributed by atoms with van der Waals surface area (Å²) < 4.78 is 0. The van der Waals surface area contributed by atoms with E-state index in [-0.39, 0.29) is 17.4 Å². The van der Waals surface area contributed by atoms with E-state index >= 15 is 0 Å². The summed E-state index contributed by atoms with van der Waals surface area (Å²) in [4.78, 5) is 11.5. The van der Waals surface area contributed by atoms with Crippen molar-refractivity contribution in [3.05, 3.63) is 16.8 Å². The Morgan fingerprint density at radius 1 is 1.35 bits per heavy atom. The molecule has 0 aliphatic carbocycles. The van der Waals surface area contributed by atoms with Crippen LogP contribution in [0.1, 0.15) is 55.2 Å². The molecule has 20 heavy (non-hydrogen) atoms. The first-order valence-electron chi connectivity index (χ1n) is 6.93. The van der Waals surface area contributed by atoms with Crippen molar-refractivity contribution in [2.24, 2.45) is 0 Å². The van der Waals surface area contributed by atoms with E-state index in [2.05, 4.69) is 21.4 Å². The SMILES string of the molecule is C#CC(CCC)Nc1nnc(CC)c(CC)c1C(=O)O. The van der Waals surface area contributed by atoms with Crippen LogP contribution in [-0.4, -0.2) is 27.3 Å². The zero-order valence-electron chi connectivity index (χ0n) is 12.2. The molecule has 0 saturated carbocycles. The molecule has 0 aromatic carbocycles. The molecule has 5 heteroatoms. The molecule has 0 bridgehead atoms. The maximum atomic E-state index is 11.5. The molecule has 2 N–H and O–H groups in total. The van der Waals surface area contributed by atoms with Gasteiger partial charge in [-0.25, -0.2) is 4.79 Å². The lowest BCUT2D eigenvalue weighted by atomic mass is 10.0. The maximum Gasteiger partial charge on any atom is 0.339 e. The van der Waals surface area contributed by atoms with Crippen LogP contribution in [0.25, 0.3) is 0 Å². The maximum absolute atomic E-state index is 11.5. The Kier molecular flexibility index (Phi) is 5.98. The second-order valence-corrected chi connectivity index (χ2v) is 4.51. The number of hydrogen-bond acceptors (Lipinski definition) is 4. The molecule has 1 rings (SSSR count). The van der Waals surface area contributed by atoms with Crippen LogP contribution in [0.4, 0.5) is 5.82 Å². The number of anilines is 1. The van der Waals surface area contributed by atoms with Crippen molar-refractivity contribution in [3.63, 3.8) is 0 Å². The highest BCUT2D eigenvalue weighted by Gasteiger charge is 2.21. The normalized spacial score (nSPS) is 11.7. The van der Waals surface area contributed by atoms with Gasteiger partial charge in [-0.05, 0) is 24.8 Å². The van der Waals surface area contributed by atoms with Gasteiger partial charge in [0.15, 0.2) is 5.82 Å². The van der Waals surface area contributed by atoms with Crippen LogP contribution in [0.2, 0.25) is 0 Å². The van der Waals surface area contributed by atoms with Crippen molar-refractivity contribution in [3.8, 4) is 12.3 Å². The average molecular weight is 275 g/mol. The molecule has 0 fully saturated rings. The third kappa shape index (κ3) is 3.47. The van der Waals surface area contributed by atoms with Crippen molar-refractivity contribution in [1.29, 1.82) is 0 Å². The van der Waals surface area contributed by atoms with Crippen molar-refractivity contribution >= 4 is 11.8 Å². The highest BCUT2D eigenvalue weighted by Crippen LogP contribution is 2.22. The van der Waals surface area contributed by atoms with Crippen molar-refractivity contribution in [2.75, 3.05) is 5.32 Å². The summed E-state index contributed by atoms with van der Waals surface area (Å²) in [6, 6.07) is -0.232. The molecule has 1 aromatic heterocycles. The molecule has 1 heterocycles. The zero-order chi connectivity index (χ0) is 15.1. The van der Waals surface area contributed by atoms with Gasteiger partial charge in [0.1, 0.15) is 5.56 Å². The minimum Gasteiger partial charge on any atom is -0.478 e. The number of aromatic nitrogens is 2. The quantitative estimate of drug-likeness (QED) is 0.748. The number of carbonyl (C=O) groups is 1. The Balaban J connectivity index is 3.26. The van der Waals surface area contributed by atoms with Crippen LogP contribution in [-0.2, 0) is 12.8 Å². The Morgan fingerprint density at radius 3 is 2.50 bits per heavy atom. The van der Waals surface area contributed by atoms with Crippen molar-refractivity contribution in [2.45, 2.75) is 52.5 Å². The van der Waals surface area contributed by atoms with E-state index in [4.69, 9.17) is 6.42 Å². The van der Waals surface area contributed by atoms with Gasteiger partial charge in [0, 0.05) is 0 Å². The standard InChI is InChI=1S/C15H21N3O2/c1-5-9-10(6-2)16-14-13(15(19)20)11(7-3)12(8-4)17-18-14/h2,10H,5,7-9H2,1,3-4H3,(H,16,18)(H,19,20). The van der Waals surface area contributed by atoms with Gasteiger partial charge in [0.2, 0.25) is 0 Å². The molecule has 0 aliphatic rings. The molecule has 1 atom stereocenters. The number of hydrogen-bond donors (Lipinski definition) is 2. The number of carboxylic acid groups (broad SMARTS) is 1.